The maximum atomic E-state index is 13.9. The fourth-order valence-electron chi connectivity index (χ4n) is 3.52. The van der Waals surface area contributed by atoms with E-state index in [2.05, 4.69) is 37.2 Å². The zero-order valence-corrected chi connectivity index (χ0v) is 13.9. The van der Waals surface area contributed by atoms with Crippen LogP contribution in [-0.4, -0.2) is 32.1 Å². The van der Waals surface area contributed by atoms with Crippen molar-refractivity contribution in [2.24, 2.45) is 0 Å². The van der Waals surface area contributed by atoms with Crippen molar-refractivity contribution in [1.82, 2.24) is 4.90 Å². The van der Waals surface area contributed by atoms with Gasteiger partial charge < -0.3 is 9.64 Å². The highest BCUT2D eigenvalue weighted by atomic mass is 19.1. The first-order valence-corrected chi connectivity index (χ1v) is 8.25. The van der Waals surface area contributed by atoms with Crippen LogP contribution in [0.25, 0.3) is 0 Å². The second kappa shape index (κ2) is 6.81. The number of rotatable bonds is 5. The molecular formula is C20H24FNO. The lowest BCUT2D eigenvalue weighted by atomic mass is 9.78. The molecule has 3 rings (SSSR count). The summed E-state index contributed by atoms with van der Waals surface area (Å²) in [5.41, 5.74) is 2.89. The van der Waals surface area contributed by atoms with E-state index in [0.717, 1.165) is 31.4 Å². The quantitative estimate of drug-likeness (QED) is 0.828. The van der Waals surface area contributed by atoms with Gasteiger partial charge >= 0.3 is 0 Å². The number of halogens is 1. The fraction of sp³-hybridized carbons (Fsp3) is 0.400. The molecule has 2 aromatic rings. The Morgan fingerprint density at radius 1 is 1.13 bits per heavy atom. The molecular weight excluding hydrogens is 289 g/mol. The highest BCUT2D eigenvalue weighted by Crippen LogP contribution is 2.42. The average Bonchev–Trinajstić information content (AvgIpc) is 2.54. The Hall–Kier alpha value is -1.71. The van der Waals surface area contributed by atoms with Gasteiger partial charge in [0.05, 0.1) is 6.61 Å². The van der Waals surface area contributed by atoms with Gasteiger partial charge in [-0.2, -0.15) is 0 Å². The van der Waals surface area contributed by atoms with Gasteiger partial charge in [-0.15, -0.1) is 0 Å². The number of hydrogen-bond donors (Lipinski definition) is 0. The van der Waals surface area contributed by atoms with Gasteiger partial charge in [0, 0.05) is 0 Å². The van der Waals surface area contributed by atoms with E-state index >= 15 is 0 Å². The van der Waals surface area contributed by atoms with Gasteiger partial charge in [0.25, 0.3) is 0 Å². The van der Waals surface area contributed by atoms with Crippen molar-refractivity contribution >= 4 is 0 Å². The second-order valence-electron chi connectivity index (χ2n) is 6.50. The number of ether oxygens (including phenoxy) is 1. The van der Waals surface area contributed by atoms with E-state index in [1.807, 2.05) is 12.1 Å². The van der Waals surface area contributed by atoms with Gasteiger partial charge in [-0.3, -0.25) is 0 Å². The van der Waals surface area contributed by atoms with E-state index in [4.69, 9.17) is 4.74 Å². The van der Waals surface area contributed by atoms with Gasteiger partial charge in [-0.05, 0) is 68.7 Å². The van der Waals surface area contributed by atoms with Gasteiger partial charge in [0.2, 0.25) is 0 Å². The summed E-state index contributed by atoms with van der Waals surface area (Å²) in [7, 11) is 4.15. The van der Waals surface area contributed by atoms with Crippen LogP contribution in [0.5, 0.6) is 0 Å². The topological polar surface area (TPSA) is 12.5 Å². The zero-order chi connectivity index (χ0) is 16.3. The summed E-state index contributed by atoms with van der Waals surface area (Å²) in [5.74, 6) is -0.207. The summed E-state index contributed by atoms with van der Waals surface area (Å²) in [6.45, 7) is 1.66. The first-order valence-electron chi connectivity index (χ1n) is 8.25. The predicted molar refractivity (Wildman–Crippen MR) is 91.1 cm³/mol. The fourth-order valence-corrected chi connectivity index (χ4v) is 3.52. The molecule has 1 aliphatic heterocycles. The summed E-state index contributed by atoms with van der Waals surface area (Å²) in [6.07, 6.45) is 2.77. The molecule has 1 aliphatic rings. The molecule has 0 bridgehead atoms. The normalized spacial score (nSPS) is 20.5. The Labute approximate surface area is 137 Å². The Balaban J connectivity index is 2.04. The van der Waals surface area contributed by atoms with Crippen LogP contribution in [0.3, 0.4) is 0 Å². The van der Waals surface area contributed by atoms with E-state index < -0.39 is 5.60 Å². The van der Waals surface area contributed by atoms with E-state index in [9.17, 15) is 4.39 Å². The minimum absolute atomic E-state index is 0.207. The van der Waals surface area contributed by atoms with E-state index in [1.54, 1.807) is 12.1 Å². The van der Waals surface area contributed by atoms with Gasteiger partial charge in [-0.1, -0.05) is 36.4 Å². The van der Waals surface area contributed by atoms with Crippen LogP contribution in [0.1, 0.15) is 29.5 Å². The van der Waals surface area contributed by atoms with Crippen molar-refractivity contribution < 1.29 is 9.13 Å². The molecule has 1 unspecified atom stereocenters. The average molecular weight is 313 g/mol. The number of hydrogen-bond acceptors (Lipinski definition) is 2. The van der Waals surface area contributed by atoms with Crippen LogP contribution in [0, 0.1) is 5.82 Å². The third kappa shape index (κ3) is 3.31. The highest BCUT2D eigenvalue weighted by molar-refractivity contribution is 5.43. The summed E-state index contributed by atoms with van der Waals surface area (Å²) in [4.78, 5) is 2.17. The Kier molecular flexibility index (Phi) is 4.79. The van der Waals surface area contributed by atoms with Crippen LogP contribution in [-0.2, 0) is 16.8 Å². The highest BCUT2D eigenvalue weighted by Gasteiger charge is 2.39. The lowest BCUT2D eigenvalue weighted by Gasteiger charge is -2.40. The molecule has 0 saturated heterocycles. The first kappa shape index (κ1) is 16.2. The number of benzene rings is 2. The molecule has 0 amide bonds. The van der Waals surface area contributed by atoms with Crippen LogP contribution >= 0.6 is 0 Å². The van der Waals surface area contributed by atoms with Crippen LogP contribution < -0.4 is 0 Å². The zero-order valence-electron chi connectivity index (χ0n) is 13.9. The van der Waals surface area contributed by atoms with Crippen molar-refractivity contribution in [3.63, 3.8) is 0 Å². The largest absolute Gasteiger partial charge is 0.365 e. The Morgan fingerprint density at radius 2 is 1.96 bits per heavy atom. The summed E-state index contributed by atoms with van der Waals surface area (Å²) < 4.78 is 20.2. The first-order chi connectivity index (χ1) is 11.1. The number of nitrogens with zero attached hydrogens (tertiary/aromatic N) is 1. The molecule has 2 aromatic carbocycles. The molecule has 0 aliphatic carbocycles. The molecule has 0 radical (unpaired) electrons. The van der Waals surface area contributed by atoms with Crippen molar-refractivity contribution in [3.8, 4) is 0 Å². The third-order valence-electron chi connectivity index (χ3n) is 4.60. The van der Waals surface area contributed by atoms with Crippen molar-refractivity contribution in [2.45, 2.75) is 24.9 Å². The van der Waals surface area contributed by atoms with E-state index in [-0.39, 0.29) is 5.82 Å². The molecule has 0 saturated carbocycles. The predicted octanol–water partition coefficient (Wildman–Crippen LogP) is 3.98. The Bertz CT molecular complexity index is 670. The van der Waals surface area contributed by atoms with Gasteiger partial charge in [0.1, 0.15) is 11.4 Å². The van der Waals surface area contributed by atoms with Crippen LogP contribution in [0.15, 0.2) is 48.5 Å². The third-order valence-corrected chi connectivity index (χ3v) is 4.60. The molecule has 1 atom stereocenters. The standard InChI is InChI=1S/C20H24FNO/c1-22(2)13-6-12-20(17-8-5-9-18(21)15-17)19-10-4-3-7-16(19)11-14-23-20/h3-5,7-10,15H,6,11-14H2,1-2H3. The van der Waals surface area contributed by atoms with Crippen LogP contribution in [0.2, 0.25) is 0 Å². The van der Waals surface area contributed by atoms with Gasteiger partial charge in [0.15, 0.2) is 0 Å². The molecule has 0 spiro atoms. The molecule has 122 valence electrons. The SMILES string of the molecule is CN(C)CCCC1(c2cccc(F)c2)OCCc2ccccc21. The van der Waals surface area contributed by atoms with Gasteiger partial charge in [-0.25, -0.2) is 4.39 Å². The van der Waals surface area contributed by atoms with E-state index in [0.29, 0.717) is 6.61 Å². The lowest BCUT2D eigenvalue weighted by Crippen LogP contribution is -2.37. The Morgan fingerprint density at radius 3 is 2.74 bits per heavy atom. The molecule has 0 aromatic heterocycles. The second-order valence-corrected chi connectivity index (χ2v) is 6.50. The molecule has 0 fully saturated rings. The minimum Gasteiger partial charge on any atom is -0.365 e. The smallest absolute Gasteiger partial charge is 0.123 e. The number of fused-ring (bicyclic) bond motifs is 1. The monoisotopic (exact) mass is 313 g/mol. The molecule has 1 heterocycles. The van der Waals surface area contributed by atoms with Crippen LogP contribution in [0.4, 0.5) is 4.39 Å². The van der Waals surface area contributed by atoms with Crippen molar-refractivity contribution in [2.75, 3.05) is 27.2 Å². The maximum absolute atomic E-state index is 13.9. The maximum Gasteiger partial charge on any atom is 0.123 e. The molecule has 3 heteroatoms. The molecule has 2 nitrogen and oxygen atoms in total. The lowest BCUT2D eigenvalue weighted by molar-refractivity contribution is -0.0369. The van der Waals surface area contributed by atoms with Crippen molar-refractivity contribution in [1.29, 1.82) is 0 Å². The summed E-state index contributed by atoms with van der Waals surface area (Å²) in [5, 5.41) is 0. The molecule has 0 N–H and O–H groups in total. The van der Waals surface area contributed by atoms with Crippen molar-refractivity contribution in [3.05, 3.63) is 71.0 Å². The molecule has 23 heavy (non-hydrogen) atoms. The minimum atomic E-state index is -0.535. The summed E-state index contributed by atoms with van der Waals surface area (Å²) in [6, 6.07) is 15.3. The van der Waals surface area contributed by atoms with E-state index in [1.165, 1.54) is 17.2 Å². The summed E-state index contributed by atoms with van der Waals surface area (Å²) >= 11 is 0.